The third-order valence-electron chi connectivity index (χ3n) is 6.36. The number of primary sulfonamides is 1. The van der Waals surface area contributed by atoms with Crippen molar-refractivity contribution in [1.29, 1.82) is 0 Å². The Morgan fingerprint density at radius 3 is 2.07 bits per heavy atom. The van der Waals surface area contributed by atoms with Gasteiger partial charge in [-0.1, -0.05) is 30.3 Å². The van der Waals surface area contributed by atoms with E-state index in [1.807, 2.05) is 6.92 Å². The molecule has 0 unspecified atom stereocenters. The number of rotatable bonds is 13. The van der Waals surface area contributed by atoms with Gasteiger partial charge in [-0.05, 0) is 85.1 Å². The summed E-state index contributed by atoms with van der Waals surface area (Å²) >= 11 is 0. The quantitative estimate of drug-likeness (QED) is 0.236. The van der Waals surface area contributed by atoms with Gasteiger partial charge >= 0.3 is 0 Å². The highest BCUT2D eigenvalue weighted by atomic mass is 32.2. The van der Waals surface area contributed by atoms with Crippen LogP contribution < -0.4 is 15.2 Å². The van der Waals surface area contributed by atoms with E-state index in [1.54, 1.807) is 72.9 Å². The maximum atomic E-state index is 13.6. The Hall–Kier alpha value is -4.10. The number of amides is 1. The number of pyridine rings is 1. The number of carbonyl (C=O) groups excluding carboxylic acids is 1. The summed E-state index contributed by atoms with van der Waals surface area (Å²) in [6.07, 6.45) is 2.12. The minimum atomic E-state index is -3.89. The van der Waals surface area contributed by atoms with E-state index in [9.17, 15) is 21.6 Å². The van der Waals surface area contributed by atoms with Crippen LogP contribution in [0.4, 0.5) is 0 Å². The molecule has 0 aliphatic carbocycles. The molecular weight excluding hydrogens is 576 g/mol. The molecule has 0 aliphatic rings. The van der Waals surface area contributed by atoms with E-state index in [-0.39, 0.29) is 28.8 Å². The van der Waals surface area contributed by atoms with Gasteiger partial charge in [0.15, 0.2) is 0 Å². The summed E-state index contributed by atoms with van der Waals surface area (Å²) in [5, 5.41) is 7.96. The van der Waals surface area contributed by atoms with E-state index in [0.717, 1.165) is 5.56 Å². The molecule has 0 saturated carbocycles. The summed E-state index contributed by atoms with van der Waals surface area (Å²) in [6.45, 7) is 2.81. The van der Waals surface area contributed by atoms with Gasteiger partial charge in [-0.15, -0.1) is 0 Å². The fourth-order valence-corrected chi connectivity index (χ4v) is 6.07. The monoisotopic (exact) mass is 608 g/mol. The Balaban J connectivity index is 1.43. The zero-order chi connectivity index (χ0) is 30.2. The average molecular weight is 609 g/mol. The molecule has 220 valence electrons. The van der Waals surface area contributed by atoms with Gasteiger partial charge in [-0.25, -0.2) is 22.0 Å². The van der Waals surface area contributed by atoms with Crippen LogP contribution in [0.2, 0.25) is 0 Å². The van der Waals surface area contributed by atoms with Crippen molar-refractivity contribution in [2.24, 2.45) is 5.14 Å². The molecule has 0 saturated heterocycles. The molecule has 0 aliphatic heterocycles. The van der Waals surface area contributed by atoms with Crippen molar-refractivity contribution in [2.75, 3.05) is 13.2 Å². The smallest absolute Gasteiger partial charge is 0.251 e. The Labute approximate surface area is 246 Å². The lowest BCUT2D eigenvalue weighted by molar-refractivity contribution is 0.0954. The van der Waals surface area contributed by atoms with E-state index in [0.29, 0.717) is 42.1 Å². The summed E-state index contributed by atoms with van der Waals surface area (Å²) in [6, 6.07) is 24.5. The van der Waals surface area contributed by atoms with Crippen molar-refractivity contribution in [3.63, 3.8) is 0 Å². The topological polar surface area (TPSA) is 149 Å². The number of hydrogen-bond acceptors (Lipinski definition) is 7. The second-order valence-electron chi connectivity index (χ2n) is 9.39. The highest BCUT2D eigenvalue weighted by Crippen LogP contribution is 2.23. The third-order valence-corrected chi connectivity index (χ3v) is 9.10. The molecular formula is C30H32N4O6S2. The van der Waals surface area contributed by atoms with Crippen molar-refractivity contribution in [2.45, 2.75) is 36.2 Å². The number of aromatic nitrogens is 1. The molecule has 0 spiro atoms. The van der Waals surface area contributed by atoms with E-state index >= 15 is 0 Å². The minimum Gasteiger partial charge on any atom is -0.494 e. The minimum absolute atomic E-state index is 0.0289. The second-order valence-corrected chi connectivity index (χ2v) is 12.9. The number of hydrogen-bond donors (Lipinski definition) is 2. The van der Waals surface area contributed by atoms with Gasteiger partial charge in [0.25, 0.3) is 5.91 Å². The van der Waals surface area contributed by atoms with Crippen LogP contribution in [0.1, 0.15) is 34.1 Å². The summed E-state index contributed by atoms with van der Waals surface area (Å²) < 4.78 is 56.9. The van der Waals surface area contributed by atoms with E-state index in [1.165, 1.54) is 28.6 Å². The molecule has 1 aromatic heterocycles. The summed E-state index contributed by atoms with van der Waals surface area (Å²) in [4.78, 5) is 17.1. The van der Waals surface area contributed by atoms with Gasteiger partial charge in [-0.2, -0.15) is 4.31 Å². The van der Waals surface area contributed by atoms with Gasteiger partial charge in [0.1, 0.15) is 5.75 Å². The molecule has 1 heterocycles. The Morgan fingerprint density at radius 2 is 1.48 bits per heavy atom. The first-order valence-corrected chi connectivity index (χ1v) is 16.2. The Morgan fingerprint density at radius 1 is 0.833 bits per heavy atom. The van der Waals surface area contributed by atoms with Crippen LogP contribution >= 0.6 is 0 Å². The van der Waals surface area contributed by atoms with E-state index in [2.05, 4.69) is 10.3 Å². The maximum Gasteiger partial charge on any atom is 0.251 e. The van der Waals surface area contributed by atoms with Crippen LogP contribution in [0.3, 0.4) is 0 Å². The van der Waals surface area contributed by atoms with Crippen molar-refractivity contribution in [3.05, 3.63) is 120 Å². The van der Waals surface area contributed by atoms with Crippen molar-refractivity contribution in [1.82, 2.24) is 14.6 Å². The van der Waals surface area contributed by atoms with Gasteiger partial charge in [-0.3, -0.25) is 9.78 Å². The highest BCUT2D eigenvalue weighted by molar-refractivity contribution is 7.89. The fourth-order valence-electron chi connectivity index (χ4n) is 4.16. The molecule has 4 rings (SSSR count). The predicted octanol–water partition coefficient (Wildman–Crippen LogP) is 3.49. The van der Waals surface area contributed by atoms with Crippen LogP contribution in [0, 0.1) is 0 Å². The van der Waals surface area contributed by atoms with Crippen molar-refractivity contribution >= 4 is 26.0 Å². The zero-order valence-corrected chi connectivity index (χ0v) is 24.6. The second kappa shape index (κ2) is 13.7. The van der Waals surface area contributed by atoms with Crippen LogP contribution in [-0.2, 0) is 39.6 Å². The Bertz CT molecular complexity index is 1690. The van der Waals surface area contributed by atoms with E-state index < -0.39 is 20.0 Å². The first kappa shape index (κ1) is 30.8. The zero-order valence-electron chi connectivity index (χ0n) is 23.0. The standard InChI is InChI=1S/C30H32N4O6S2/c1-2-40-27-12-16-29(17-13-27)42(38,39)34(22-26-5-3-4-19-32-26)21-24-6-10-25(11-7-24)30(35)33-20-18-23-8-14-28(15-9-23)41(31,36)37/h3-17,19H,2,18,20-22H2,1H3,(H,33,35)(H2,31,36,37). The molecule has 4 aromatic rings. The molecule has 3 aromatic carbocycles. The first-order chi connectivity index (χ1) is 20.1. The number of nitrogens with two attached hydrogens (primary N) is 1. The largest absolute Gasteiger partial charge is 0.494 e. The van der Waals surface area contributed by atoms with Gasteiger partial charge < -0.3 is 10.1 Å². The summed E-state index contributed by atoms with van der Waals surface area (Å²) in [5.74, 6) is 0.302. The van der Waals surface area contributed by atoms with Crippen LogP contribution in [0.25, 0.3) is 0 Å². The molecule has 10 nitrogen and oxygen atoms in total. The van der Waals surface area contributed by atoms with Crippen molar-refractivity contribution < 1.29 is 26.4 Å². The van der Waals surface area contributed by atoms with Gasteiger partial charge in [0.05, 0.1) is 28.6 Å². The molecule has 0 fully saturated rings. The van der Waals surface area contributed by atoms with Gasteiger partial charge in [0.2, 0.25) is 20.0 Å². The number of ether oxygens (including phenoxy) is 1. The van der Waals surface area contributed by atoms with E-state index in [4.69, 9.17) is 9.88 Å². The first-order valence-electron chi connectivity index (χ1n) is 13.2. The SMILES string of the molecule is CCOc1ccc(S(=O)(=O)N(Cc2ccc(C(=O)NCCc3ccc(S(N)(=O)=O)cc3)cc2)Cc2ccccn2)cc1. The molecule has 12 heteroatoms. The molecule has 0 bridgehead atoms. The number of benzene rings is 3. The molecule has 1 amide bonds. The molecule has 3 N–H and O–H groups in total. The maximum absolute atomic E-state index is 13.6. The Kier molecular flexibility index (Phi) is 10.1. The predicted molar refractivity (Wildman–Crippen MR) is 159 cm³/mol. The molecule has 0 radical (unpaired) electrons. The fraction of sp³-hybridized carbons (Fsp3) is 0.200. The lowest BCUT2D eigenvalue weighted by Crippen LogP contribution is -2.30. The summed E-state index contributed by atoms with van der Waals surface area (Å²) in [7, 11) is -7.64. The van der Waals surface area contributed by atoms with Crippen LogP contribution in [-0.4, -0.2) is 45.2 Å². The number of carbonyl (C=O) groups is 1. The lowest BCUT2D eigenvalue weighted by Gasteiger charge is -2.22. The molecule has 0 atom stereocenters. The average Bonchev–Trinajstić information content (AvgIpc) is 2.98. The van der Waals surface area contributed by atoms with Crippen molar-refractivity contribution in [3.8, 4) is 5.75 Å². The lowest BCUT2D eigenvalue weighted by atomic mass is 10.1. The summed E-state index contributed by atoms with van der Waals surface area (Å²) in [5.41, 5.74) is 2.57. The van der Waals surface area contributed by atoms with Crippen LogP contribution in [0.15, 0.2) is 107 Å². The van der Waals surface area contributed by atoms with Crippen LogP contribution in [0.5, 0.6) is 5.75 Å². The third kappa shape index (κ3) is 8.23. The normalized spacial score (nSPS) is 11.8. The number of nitrogens with zero attached hydrogens (tertiary/aromatic N) is 2. The van der Waals surface area contributed by atoms with Gasteiger partial charge in [0, 0.05) is 24.8 Å². The number of sulfonamides is 2. The molecule has 42 heavy (non-hydrogen) atoms. The number of nitrogens with one attached hydrogen (secondary N) is 1. The highest BCUT2D eigenvalue weighted by Gasteiger charge is 2.25.